The van der Waals surface area contributed by atoms with Crippen molar-refractivity contribution in [2.24, 2.45) is 44.3 Å². The van der Waals surface area contributed by atoms with E-state index in [9.17, 15) is 20.0 Å². The van der Waals surface area contributed by atoms with Crippen LogP contribution in [0.5, 0.6) is 0 Å². The SMILES string of the molecule is CC(=O)/C=C1/[C@@]2(C)C=C(C#N)C(=O)C(C)(C)[C@@H]2CC[C@@]1(C)C(C)(C)CC[C@@]1(CO)CCC(C)(C)CC1C. The Hall–Kier alpha value is -1.73. The maximum Gasteiger partial charge on any atom is 0.178 e. The maximum atomic E-state index is 13.2. The zero-order valence-corrected chi connectivity index (χ0v) is 25.2. The van der Waals surface area contributed by atoms with Gasteiger partial charge in [0, 0.05) is 17.4 Å². The molecule has 0 amide bonds. The number of nitrogens with zero attached hydrogens (tertiary/aromatic N) is 1. The molecule has 0 saturated heterocycles. The highest BCUT2D eigenvalue weighted by Crippen LogP contribution is 2.67. The first-order valence-electron chi connectivity index (χ1n) is 14.3. The first-order valence-corrected chi connectivity index (χ1v) is 14.3. The Bertz CT molecular complexity index is 1050. The number of Topliss-reactive ketones (excluding diaryl/α,β-unsaturated/α-hetero) is 1. The van der Waals surface area contributed by atoms with Gasteiger partial charge in [-0.05, 0) is 91.4 Å². The normalized spacial score (nSPS) is 38.5. The van der Waals surface area contributed by atoms with Crippen LogP contribution in [0.4, 0.5) is 0 Å². The Kier molecular flexibility index (Phi) is 7.64. The number of fused-ring (bicyclic) bond motifs is 1. The topological polar surface area (TPSA) is 78.2 Å². The minimum absolute atomic E-state index is 0.00970. The summed E-state index contributed by atoms with van der Waals surface area (Å²) >= 11 is 0. The van der Waals surface area contributed by atoms with E-state index < -0.39 is 10.8 Å². The van der Waals surface area contributed by atoms with Crippen molar-refractivity contribution in [2.75, 3.05) is 6.61 Å². The van der Waals surface area contributed by atoms with Gasteiger partial charge in [0.1, 0.15) is 6.07 Å². The predicted octanol–water partition coefficient (Wildman–Crippen LogP) is 7.61. The second-order valence-electron chi connectivity index (χ2n) is 15.3. The van der Waals surface area contributed by atoms with E-state index in [1.165, 1.54) is 0 Å². The molecule has 3 aliphatic rings. The average Bonchev–Trinajstić information content (AvgIpc) is 2.78. The Morgan fingerprint density at radius 1 is 1.16 bits per heavy atom. The van der Waals surface area contributed by atoms with Crippen molar-refractivity contribution in [3.63, 3.8) is 0 Å². The minimum atomic E-state index is -0.665. The van der Waals surface area contributed by atoms with Crippen LogP contribution >= 0.6 is 0 Å². The van der Waals surface area contributed by atoms with Gasteiger partial charge in [0.15, 0.2) is 11.6 Å². The molecule has 4 heteroatoms. The highest BCUT2D eigenvalue weighted by molar-refractivity contribution is 6.04. The van der Waals surface area contributed by atoms with E-state index in [2.05, 4.69) is 54.5 Å². The number of carbonyl (C=O) groups is 2. The molecule has 3 aliphatic carbocycles. The lowest BCUT2D eigenvalue weighted by atomic mass is 9.42. The number of allylic oxidation sites excluding steroid dienone is 4. The van der Waals surface area contributed by atoms with Gasteiger partial charge < -0.3 is 5.11 Å². The van der Waals surface area contributed by atoms with Gasteiger partial charge in [-0.25, -0.2) is 0 Å². The van der Waals surface area contributed by atoms with Gasteiger partial charge in [-0.2, -0.15) is 5.26 Å². The molecule has 0 aromatic rings. The number of hydrogen-bond donors (Lipinski definition) is 1. The minimum Gasteiger partial charge on any atom is -0.396 e. The highest BCUT2D eigenvalue weighted by atomic mass is 16.3. The van der Waals surface area contributed by atoms with Gasteiger partial charge in [0.25, 0.3) is 0 Å². The number of aliphatic hydroxyl groups excluding tert-OH is 1. The summed E-state index contributed by atoms with van der Waals surface area (Å²) in [5.74, 6) is 0.414. The summed E-state index contributed by atoms with van der Waals surface area (Å²) in [6, 6.07) is 2.17. The Balaban J connectivity index is 2.05. The molecular weight excluding hydrogens is 458 g/mol. The van der Waals surface area contributed by atoms with Crippen molar-refractivity contribution in [3.8, 4) is 6.07 Å². The second kappa shape index (κ2) is 9.48. The smallest absolute Gasteiger partial charge is 0.178 e. The first-order chi connectivity index (χ1) is 16.8. The van der Waals surface area contributed by atoms with Crippen molar-refractivity contribution < 1.29 is 14.7 Å². The molecule has 2 fully saturated rings. The fourth-order valence-corrected chi connectivity index (χ4v) is 8.62. The van der Waals surface area contributed by atoms with E-state index in [0.717, 1.165) is 50.5 Å². The second-order valence-corrected chi connectivity index (χ2v) is 15.3. The summed E-state index contributed by atoms with van der Waals surface area (Å²) < 4.78 is 0. The molecule has 0 heterocycles. The van der Waals surface area contributed by atoms with E-state index in [-0.39, 0.29) is 45.9 Å². The number of nitriles is 1. The van der Waals surface area contributed by atoms with Gasteiger partial charge in [-0.1, -0.05) is 74.0 Å². The lowest BCUT2D eigenvalue weighted by Gasteiger charge is -2.61. The summed E-state index contributed by atoms with van der Waals surface area (Å²) in [5.41, 5.74) is -0.108. The summed E-state index contributed by atoms with van der Waals surface area (Å²) in [7, 11) is 0. The van der Waals surface area contributed by atoms with Crippen molar-refractivity contribution >= 4 is 11.6 Å². The van der Waals surface area contributed by atoms with Crippen LogP contribution in [0.1, 0.15) is 114 Å². The molecule has 1 N–H and O–H groups in total. The molecule has 206 valence electrons. The van der Waals surface area contributed by atoms with E-state index in [1.807, 2.05) is 26.0 Å². The van der Waals surface area contributed by atoms with Crippen LogP contribution in [-0.2, 0) is 9.59 Å². The summed E-state index contributed by atoms with van der Waals surface area (Å²) in [6.45, 7) is 21.8. The van der Waals surface area contributed by atoms with Crippen LogP contribution in [0.15, 0.2) is 23.3 Å². The van der Waals surface area contributed by atoms with E-state index in [4.69, 9.17) is 0 Å². The third-order valence-electron chi connectivity index (χ3n) is 11.7. The van der Waals surface area contributed by atoms with Crippen LogP contribution in [-0.4, -0.2) is 23.3 Å². The highest BCUT2D eigenvalue weighted by Gasteiger charge is 2.61. The Morgan fingerprint density at radius 2 is 1.78 bits per heavy atom. The number of ketones is 2. The number of aliphatic hydroxyl groups is 1. The molecule has 0 aromatic carbocycles. The fourth-order valence-electron chi connectivity index (χ4n) is 8.62. The van der Waals surface area contributed by atoms with Crippen molar-refractivity contribution in [1.82, 2.24) is 0 Å². The Labute approximate surface area is 226 Å². The predicted molar refractivity (Wildman–Crippen MR) is 150 cm³/mol. The van der Waals surface area contributed by atoms with Crippen LogP contribution in [0.2, 0.25) is 0 Å². The summed E-state index contributed by atoms with van der Waals surface area (Å²) in [6.07, 6.45) is 10.7. The van der Waals surface area contributed by atoms with Crippen LogP contribution < -0.4 is 0 Å². The first kappa shape index (κ1) is 29.8. The third-order valence-corrected chi connectivity index (χ3v) is 11.7. The molecule has 0 radical (unpaired) electrons. The quantitative estimate of drug-likeness (QED) is 0.374. The molecule has 2 saturated carbocycles. The van der Waals surface area contributed by atoms with Crippen molar-refractivity contribution in [3.05, 3.63) is 23.3 Å². The molecular formula is C33H51NO3. The van der Waals surface area contributed by atoms with Crippen molar-refractivity contribution in [2.45, 2.75) is 114 Å². The summed E-state index contributed by atoms with van der Waals surface area (Å²) in [5, 5.41) is 20.5. The van der Waals surface area contributed by atoms with E-state index >= 15 is 0 Å². The maximum absolute atomic E-state index is 13.2. The number of hydrogen-bond acceptors (Lipinski definition) is 4. The van der Waals surface area contributed by atoms with Crippen LogP contribution in [0.25, 0.3) is 0 Å². The van der Waals surface area contributed by atoms with E-state index in [0.29, 0.717) is 11.3 Å². The largest absolute Gasteiger partial charge is 0.396 e. The molecule has 5 atom stereocenters. The Morgan fingerprint density at radius 3 is 2.30 bits per heavy atom. The lowest BCUT2D eigenvalue weighted by molar-refractivity contribution is -0.131. The molecule has 0 aromatic heterocycles. The van der Waals surface area contributed by atoms with E-state index in [1.54, 1.807) is 6.92 Å². The van der Waals surface area contributed by atoms with Gasteiger partial charge >= 0.3 is 0 Å². The van der Waals surface area contributed by atoms with Crippen molar-refractivity contribution in [1.29, 1.82) is 5.26 Å². The third kappa shape index (κ3) is 4.80. The van der Waals surface area contributed by atoms with Gasteiger partial charge in [-0.15, -0.1) is 0 Å². The zero-order valence-electron chi connectivity index (χ0n) is 25.2. The fraction of sp³-hybridized carbons (Fsp3) is 0.788. The lowest BCUT2D eigenvalue weighted by Crippen LogP contribution is -2.56. The molecule has 0 bridgehead atoms. The van der Waals surface area contributed by atoms with Gasteiger partial charge in [0.05, 0.1) is 5.57 Å². The monoisotopic (exact) mass is 509 g/mol. The van der Waals surface area contributed by atoms with Crippen LogP contribution in [0.3, 0.4) is 0 Å². The van der Waals surface area contributed by atoms with Gasteiger partial charge in [-0.3, -0.25) is 9.59 Å². The zero-order chi connectivity index (χ0) is 28.2. The number of carbonyl (C=O) groups excluding carboxylic acids is 2. The standard InChI is InChI=1S/C33H51NO3/c1-22-18-28(3,4)13-15-33(22,21-35)16-14-29(5,6)32(10)12-11-25-30(7,8)27(37)24(20-34)19-31(25,9)26(32)17-23(2)36/h17,19,22,25,35H,11-16,18,21H2,1-10H3/b26-17-/t22?,25-,31-,32+,33+/m0/s1. The average molecular weight is 510 g/mol. The van der Waals surface area contributed by atoms with Gasteiger partial charge in [0.2, 0.25) is 0 Å². The molecule has 1 unspecified atom stereocenters. The summed E-state index contributed by atoms with van der Waals surface area (Å²) in [4.78, 5) is 25.8. The number of rotatable bonds is 6. The molecule has 4 nitrogen and oxygen atoms in total. The van der Waals surface area contributed by atoms with Crippen LogP contribution in [0, 0.1) is 55.7 Å². The molecule has 37 heavy (non-hydrogen) atoms. The molecule has 0 spiro atoms. The molecule has 0 aliphatic heterocycles. The molecule has 3 rings (SSSR count).